The topological polar surface area (TPSA) is 17.1 Å². The maximum Gasteiger partial charge on any atom is 0.123 e. The van der Waals surface area contributed by atoms with Crippen molar-refractivity contribution in [2.45, 2.75) is 64.2 Å². The van der Waals surface area contributed by atoms with E-state index in [1.54, 1.807) is 0 Å². The van der Waals surface area contributed by atoms with Gasteiger partial charge in [0.1, 0.15) is 6.29 Å². The lowest BCUT2D eigenvalue weighted by molar-refractivity contribution is -0.120. The molecule has 0 aliphatic heterocycles. The van der Waals surface area contributed by atoms with E-state index in [9.17, 15) is 4.79 Å². The Bertz CT molecular complexity index is 350. The molecule has 106 valence electrons. The van der Waals surface area contributed by atoms with Crippen LogP contribution in [0.25, 0.3) is 0 Å². The molecule has 0 radical (unpaired) electrons. The summed E-state index contributed by atoms with van der Waals surface area (Å²) in [4.78, 5) is 11.5. The van der Waals surface area contributed by atoms with E-state index < -0.39 is 0 Å². The summed E-state index contributed by atoms with van der Waals surface area (Å²) >= 11 is 0. The van der Waals surface area contributed by atoms with Gasteiger partial charge in [0.15, 0.2) is 0 Å². The van der Waals surface area contributed by atoms with Crippen molar-refractivity contribution in [3.05, 3.63) is 0 Å². The first-order valence-electron chi connectivity index (χ1n) is 8.84. The molecular weight excluding hydrogens is 232 g/mol. The van der Waals surface area contributed by atoms with Gasteiger partial charge in [-0.25, -0.2) is 0 Å². The molecule has 0 aromatic carbocycles. The molecule has 0 spiro atoms. The molecule has 4 saturated carbocycles. The number of hydrogen-bond acceptors (Lipinski definition) is 1. The van der Waals surface area contributed by atoms with Gasteiger partial charge in [-0.2, -0.15) is 0 Å². The predicted octanol–water partition coefficient (Wildman–Crippen LogP) is 4.45. The van der Waals surface area contributed by atoms with E-state index in [-0.39, 0.29) is 0 Å². The number of carbonyl (C=O) groups is 1. The zero-order valence-corrected chi connectivity index (χ0v) is 12.1. The monoisotopic (exact) mass is 260 g/mol. The van der Waals surface area contributed by atoms with Crippen LogP contribution in [0.5, 0.6) is 0 Å². The molecule has 7 unspecified atom stereocenters. The normalized spacial score (nSPS) is 52.9. The highest BCUT2D eigenvalue weighted by atomic mass is 16.1. The first kappa shape index (κ1) is 12.4. The van der Waals surface area contributed by atoms with Crippen molar-refractivity contribution in [1.82, 2.24) is 0 Å². The smallest absolute Gasteiger partial charge is 0.123 e. The molecule has 4 aliphatic carbocycles. The van der Waals surface area contributed by atoms with Crippen molar-refractivity contribution in [2.75, 3.05) is 0 Å². The SMILES string of the molecule is O=CC1CCCC2CCC3C4CCCC4CCC3C12. The van der Waals surface area contributed by atoms with E-state index in [1.807, 2.05) is 0 Å². The van der Waals surface area contributed by atoms with Gasteiger partial charge in [0.25, 0.3) is 0 Å². The third-order valence-electron chi connectivity index (χ3n) is 7.38. The lowest BCUT2D eigenvalue weighted by Crippen LogP contribution is -2.46. The Kier molecular flexibility index (Phi) is 3.20. The average Bonchev–Trinajstić information content (AvgIpc) is 2.94. The van der Waals surface area contributed by atoms with Crippen LogP contribution in [0.1, 0.15) is 64.2 Å². The van der Waals surface area contributed by atoms with Crippen LogP contribution in [-0.2, 0) is 4.79 Å². The highest BCUT2D eigenvalue weighted by Gasteiger charge is 2.50. The first-order chi connectivity index (χ1) is 9.38. The Morgan fingerprint density at radius 3 is 2.26 bits per heavy atom. The van der Waals surface area contributed by atoms with Gasteiger partial charge >= 0.3 is 0 Å². The lowest BCUT2D eigenvalue weighted by atomic mass is 9.52. The maximum atomic E-state index is 11.5. The first-order valence-corrected chi connectivity index (χ1v) is 8.84. The second-order valence-corrected chi connectivity index (χ2v) is 7.91. The molecule has 4 fully saturated rings. The number of fused-ring (bicyclic) bond motifs is 5. The predicted molar refractivity (Wildman–Crippen MR) is 76.7 cm³/mol. The largest absolute Gasteiger partial charge is 0.303 e. The van der Waals surface area contributed by atoms with Crippen molar-refractivity contribution in [1.29, 1.82) is 0 Å². The van der Waals surface area contributed by atoms with Crippen LogP contribution in [0.4, 0.5) is 0 Å². The zero-order chi connectivity index (χ0) is 12.8. The minimum atomic E-state index is 0.421. The zero-order valence-electron chi connectivity index (χ0n) is 12.1. The van der Waals surface area contributed by atoms with Crippen LogP contribution in [0.3, 0.4) is 0 Å². The maximum absolute atomic E-state index is 11.5. The molecule has 0 heterocycles. The minimum absolute atomic E-state index is 0.421. The Morgan fingerprint density at radius 1 is 0.632 bits per heavy atom. The Labute approximate surface area is 117 Å². The second kappa shape index (κ2) is 4.90. The molecule has 0 amide bonds. The molecule has 0 aromatic rings. The molecule has 0 saturated heterocycles. The van der Waals surface area contributed by atoms with E-state index in [1.165, 1.54) is 70.5 Å². The third-order valence-corrected chi connectivity index (χ3v) is 7.38. The summed E-state index contributed by atoms with van der Waals surface area (Å²) in [6.07, 6.45) is 15.7. The van der Waals surface area contributed by atoms with E-state index >= 15 is 0 Å². The van der Waals surface area contributed by atoms with Crippen molar-refractivity contribution in [3.63, 3.8) is 0 Å². The van der Waals surface area contributed by atoms with Crippen LogP contribution >= 0.6 is 0 Å². The van der Waals surface area contributed by atoms with Gasteiger partial charge in [0, 0.05) is 5.92 Å². The van der Waals surface area contributed by atoms with Gasteiger partial charge in [-0.3, -0.25) is 0 Å². The molecule has 1 heteroatoms. The van der Waals surface area contributed by atoms with Gasteiger partial charge in [-0.1, -0.05) is 25.7 Å². The van der Waals surface area contributed by atoms with Crippen molar-refractivity contribution in [2.24, 2.45) is 41.4 Å². The molecule has 19 heavy (non-hydrogen) atoms. The molecule has 0 aromatic heterocycles. The highest BCUT2D eigenvalue weighted by molar-refractivity contribution is 5.54. The fourth-order valence-electron chi connectivity index (χ4n) is 6.75. The summed E-state index contributed by atoms with van der Waals surface area (Å²) in [5.41, 5.74) is 0. The number of aldehydes is 1. The Morgan fingerprint density at radius 2 is 1.37 bits per heavy atom. The van der Waals surface area contributed by atoms with Crippen LogP contribution in [0, 0.1) is 41.4 Å². The molecule has 7 atom stereocenters. The number of carbonyl (C=O) groups excluding carboxylic acids is 1. The number of hydrogen-bond donors (Lipinski definition) is 0. The highest BCUT2D eigenvalue weighted by Crippen LogP contribution is 2.58. The molecule has 4 aliphatic rings. The number of rotatable bonds is 1. The molecule has 0 bridgehead atoms. The van der Waals surface area contributed by atoms with E-state index in [4.69, 9.17) is 0 Å². The summed E-state index contributed by atoms with van der Waals surface area (Å²) in [7, 11) is 0. The van der Waals surface area contributed by atoms with E-state index in [0.717, 1.165) is 35.5 Å². The van der Waals surface area contributed by atoms with Crippen LogP contribution in [-0.4, -0.2) is 6.29 Å². The van der Waals surface area contributed by atoms with E-state index in [2.05, 4.69) is 0 Å². The van der Waals surface area contributed by atoms with Crippen molar-refractivity contribution < 1.29 is 4.79 Å². The summed E-state index contributed by atoms with van der Waals surface area (Å²) in [5, 5.41) is 0. The summed E-state index contributed by atoms with van der Waals surface area (Å²) < 4.78 is 0. The van der Waals surface area contributed by atoms with Crippen molar-refractivity contribution >= 4 is 6.29 Å². The standard InChI is InChI=1S/C18H28O/c19-11-14-5-1-4-13-8-9-16-15-6-2-3-12(15)7-10-17(16)18(13)14/h11-18H,1-10H2. The molecule has 1 nitrogen and oxygen atoms in total. The Hall–Kier alpha value is -0.330. The molecular formula is C18H28O. The minimum Gasteiger partial charge on any atom is -0.303 e. The fraction of sp³-hybridized carbons (Fsp3) is 0.944. The van der Waals surface area contributed by atoms with Crippen LogP contribution in [0.15, 0.2) is 0 Å². The molecule has 4 rings (SSSR count). The quantitative estimate of drug-likeness (QED) is 0.636. The van der Waals surface area contributed by atoms with Gasteiger partial charge in [0.05, 0.1) is 0 Å². The van der Waals surface area contributed by atoms with Gasteiger partial charge in [-0.15, -0.1) is 0 Å². The summed E-state index contributed by atoms with van der Waals surface area (Å²) in [6, 6.07) is 0. The van der Waals surface area contributed by atoms with E-state index in [0.29, 0.717) is 5.92 Å². The fourth-order valence-corrected chi connectivity index (χ4v) is 6.75. The van der Waals surface area contributed by atoms with Crippen LogP contribution < -0.4 is 0 Å². The molecule has 0 N–H and O–H groups in total. The van der Waals surface area contributed by atoms with Gasteiger partial charge < -0.3 is 4.79 Å². The third kappa shape index (κ3) is 1.91. The average molecular weight is 260 g/mol. The lowest BCUT2D eigenvalue weighted by Gasteiger charge is -2.53. The van der Waals surface area contributed by atoms with Gasteiger partial charge in [0.2, 0.25) is 0 Å². The van der Waals surface area contributed by atoms with Crippen LogP contribution in [0.2, 0.25) is 0 Å². The summed E-state index contributed by atoms with van der Waals surface area (Å²) in [6.45, 7) is 0. The second-order valence-electron chi connectivity index (χ2n) is 7.91. The van der Waals surface area contributed by atoms with Gasteiger partial charge in [-0.05, 0) is 74.0 Å². The van der Waals surface area contributed by atoms with Crippen molar-refractivity contribution in [3.8, 4) is 0 Å². The summed E-state index contributed by atoms with van der Waals surface area (Å²) in [5.74, 6) is 6.15. The Balaban J connectivity index is 1.60.